The Kier molecular flexibility index (Phi) is 7.22. The molecule has 37 heavy (non-hydrogen) atoms. The SMILES string of the molecule is CCC[C@@H](CCO)Nc1nc(N)nc2cnn(Cc3ncc(C4CC5(C4)CN(C(C)C)C5)cc3OC)c12. The molecule has 1 saturated carbocycles. The highest BCUT2D eigenvalue weighted by Gasteiger charge is 2.52. The molecule has 0 amide bonds. The Balaban J connectivity index is 1.35. The van der Waals surface area contributed by atoms with Crippen LogP contribution in [0.5, 0.6) is 5.75 Å². The number of aliphatic hydroxyl groups excluding tert-OH is 1. The van der Waals surface area contributed by atoms with Gasteiger partial charge in [0.25, 0.3) is 0 Å². The largest absolute Gasteiger partial charge is 0.495 e. The number of rotatable bonds is 11. The molecule has 0 aromatic carbocycles. The van der Waals surface area contributed by atoms with E-state index in [9.17, 15) is 5.11 Å². The minimum Gasteiger partial charge on any atom is -0.495 e. The maximum atomic E-state index is 9.50. The van der Waals surface area contributed by atoms with Crippen LogP contribution in [-0.4, -0.2) is 73.6 Å². The third-order valence-electron chi connectivity index (χ3n) is 8.07. The molecule has 2 fully saturated rings. The van der Waals surface area contributed by atoms with Crippen molar-refractivity contribution in [1.82, 2.24) is 29.6 Å². The zero-order valence-electron chi connectivity index (χ0n) is 22.4. The van der Waals surface area contributed by atoms with Gasteiger partial charge in [-0.15, -0.1) is 0 Å². The third kappa shape index (κ3) is 5.09. The van der Waals surface area contributed by atoms with E-state index in [1.807, 2.05) is 10.9 Å². The zero-order valence-corrected chi connectivity index (χ0v) is 22.4. The molecule has 0 radical (unpaired) electrons. The minimum atomic E-state index is 0.0804. The number of likely N-dealkylation sites (tertiary alicyclic amines) is 1. The zero-order chi connectivity index (χ0) is 26.2. The number of fused-ring (bicyclic) bond motifs is 1. The van der Waals surface area contributed by atoms with E-state index in [1.54, 1.807) is 13.3 Å². The summed E-state index contributed by atoms with van der Waals surface area (Å²) in [6, 6.07) is 2.86. The average molecular weight is 509 g/mol. The first kappa shape index (κ1) is 25.7. The van der Waals surface area contributed by atoms with Gasteiger partial charge < -0.3 is 20.9 Å². The molecule has 3 aromatic rings. The van der Waals surface area contributed by atoms with Crippen LogP contribution in [0, 0.1) is 5.41 Å². The van der Waals surface area contributed by atoms with Crippen LogP contribution in [-0.2, 0) is 6.54 Å². The molecule has 200 valence electrons. The Morgan fingerprint density at radius 1 is 1.22 bits per heavy atom. The molecule has 3 aromatic heterocycles. The van der Waals surface area contributed by atoms with Gasteiger partial charge in [-0.05, 0) is 62.5 Å². The average Bonchev–Trinajstić information content (AvgIpc) is 3.20. The lowest BCUT2D eigenvalue weighted by Gasteiger charge is -2.60. The summed E-state index contributed by atoms with van der Waals surface area (Å²) in [5.41, 5.74) is 9.99. The van der Waals surface area contributed by atoms with Gasteiger partial charge in [-0.2, -0.15) is 10.1 Å². The summed E-state index contributed by atoms with van der Waals surface area (Å²) < 4.78 is 7.62. The van der Waals surface area contributed by atoms with Crippen LogP contribution in [0.4, 0.5) is 11.8 Å². The lowest BCUT2D eigenvalue weighted by molar-refractivity contribution is -0.0880. The normalized spacial score (nSPS) is 18.2. The van der Waals surface area contributed by atoms with E-state index < -0.39 is 0 Å². The van der Waals surface area contributed by atoms with Crippen molar-refractivity contribution < 1.29 is 9.84 Å². The predicted molar refractivity (Wildman–Crippen MR) is 145 cm³/mol. The number of nitrogens with zero attached hydrogens (tertiary/aromatic N) is 6. The van der Waals surface area contributed by atoms with Crippen molar-refractivity contribution in [2.75, 3.05) is 37.9 Å². The molecule has 5 rings (SSSR count). The summed E-state index contributed by atoms with van der Waals surface area (Å²) in [5, 5.41) is 17.5. The summed E-state index contributed by atoms with van der Waals surface area (Å²) >= 11 is 0. The predicted octanol–water partition coefficient (Wildman–Crippen LogP) is 3.41. The van der Waals surface area contributed by atoms with Crippen LogP contribution in [0.25, 0.3) is 11.0 Å². The molecule has 1 aliphatic heterocycles. The Bertz CT molecular complexity index is 1220. The Labute approximate surface area is 218 Å². The van der Waals surface area contributed by atoms with E-state index in [-0.39, 0.29) is 18.6 Å². The monoisotopic (exact) mass is 508 g/mol. The van der Waals surface area contributed by atoms with Crippen LogP contribution in [0.1, 0.15) is 70.1 Å². The van der Waals surface area contributed by atoms with Gasteiger partial charge in [-0.1, -0.05) is 13.3 Å². The van der Waals surface area contributed by atoms with Crippen molar-refractivity contribution in [2.24, 2.45) is 5.41 Å². The van der Waals surface area contributed by atoms with E-state index >= 15 is 0 Å². The summed E-state index contributed by atoms with van der Waals surface area (Å²) in [4.78, 5) is 16.2. The van der Waals surface area contributed by atoms with Gasteiger partial charge in [0.15, 0.2) is 5.82 Å². The molecule has 1 aliphatic carbocycles. The van der Waals surface area contributed by atoms with E-state index in [4.69, 9.17) is 15.5 Å². The number of aliphatic hydroxyl groups is 1. The number of methoxy groups -OCH3 is 1. The van der Waals surface area contributed by atoms with Gasteiger partial charge in [0.05, 0.1) is 19.9 Å². The third-order valence-corrected chi connectivity index (χ3v) is 8.07. The molecule has 10 heteroatoms. The summed E-state index contributed by atoms with van der Waals surface area (Å²) in [7, 11) is 1.70. The molecule has 10 nitrogen and oxygen atoms in total. The van der Waals surface area contributed by atoms with Crippen molar-refractivity contribution in [3.05, 3.63) is 29.7 Å². The molecule has 1 saturated heterocycles. The number of nitrogens with two attached hydrogens (primary N) is 1. The second-order valence-electron chi connectivity index (χ2n) is 11.1. The van der Waals surface area contributed by atoms with Crippen LogP contribution in [0.15, 0.2) is 18.5 Å². The number of anilines is 2. The summed E-state index contributed by atoms with van der Waals surface area (Å²) in [6.07, 6.45) is 8.69. The van der Waals surface area contributed by atoms with E-state index in [0.29, 0.717) is 41.7 Å². The van der Waals surface area contributed by atoms with Crippen LogP contribution >= 0.6 is 0 Å². The quantitative estimate of drug-likeness (QED) is 0.357. The van der Waals surface area contributed by atoms with Crippen LogP contribution in [0.2, 0.25) is 0 Å². The lowest BCUT2D eigenvalue weighted by atomic mass is 9.56. The molecular formula is C27H40N8O2. The van der Waals surface area contributed by atoms with Gasteiger partial charge in [-0.25, -0.2) is 4.98 Å². The lowest BCUT2D eigenvalue weighted by Crippen LogP contribution is -2.63. The van der Waals surface area contributed by atoms with Crippen molar-refractivity contribution in [2.45, 2.75) is 77.4 Å². The molecule has 0 unspecified atom stereocenters. The highest BCUT2D eigenvalue weighted by molar-refractivity contribution is 5.86. The Morgan fingerprint density at radius 2 is 2.00 bits per heavy atom. The fourth-order valence-corrected chi connectivity index (χ4v) is 6.03. The number of ether oxygens (including phenoxy) is 1. The first-order valence-corrected chi connectivity index (χ1v) is 13.5. The van der Waals surface area contributed by atoms with Gasteiger partial charge >= 0.3 is 0 Å². The van der Waals surface area contributed by atoms with Crippen molar-refractivity contribution in [3.63, 3.8) is 0 Å². The van der Waals surface area contributed by atoms with Gasteiger partial charge in [-0.3, -0.25) is 14.6 Å². The number of nitrogens with one attached hydrogen (secondary N) is 1. The smallest absolute Gasteiger partial charge is 0.222 e. The standard InChI is InChI=1S/C27H40N8O2/c1-5-6-20(7-8-36)31-25-24-21(32-26(28)33-25)13-30-35(24)14-22-23(37-4)9-18(12-29-22)19-10-27(11-19)15-34(16-27)17(2)3/h9,12-13,17,19-20,36H,5-8,10-11,14-16H2,1-4H3,(H3,28,31,32,33)/t20-/m0/s1. The molecular weight excluding hydrogens is 468 g/mol. The fourth-order valence-electron chi connectivity index (χ4n) is 6.03. The van der Waals surface area contributed by atoms with Crippen molar-refractivity contribution >= 4 is 22.8 Å². The second-order valence-corrected chi connectivity index (χ2v) is 11.1. The van der Waals surface area contributed by atoms with Crippen molar-refractivity contribution in [1.29, 1.82) is 0 Å². The molecule has 4 heterocycles. The van der Waals surface area contributed by atoms with Gasteiger partial charge in [0, 0.05) is 38.0 Å². The van der Waals surface area contributed by atoms with Gasteiger partial charge in [0.2, 0.25) is 5.95 Å². The maximum absolute atomic E-state index is 9.50. The van der Waals surface area contributed by atoms with Crippen LogP contribution < -0.4 is 15.8 Å². The van der Waals surface area contributed by atoms with E-state index in [1.165, 1.54) is 31.5 Å². The van der Waals surface area contributed by atoms with Crippen LogP contribution in [0.3, 0.4) is 0 Å². The summed E-state index contributed by atoms with van der Waals surface area (Å²) in [6.45, 7) is 9.64. The highest BCUT2D eigenvalue weighted by atomic mass is 16.5. The number of pyridine rings is 1. The number of hydrogen-bond acceptors (Lipinski definition) is 9. The molecule has 4 N–H and O–H groups in total. The number of hydrogen-bond donors (Lipinski definition) is 3. The topological polar surface area (TPSA) is 127 Å². The molecule has 1 spiro atoms. The number of nitrogen functional groups attached to an aromatic ring is 1. The Hall–Kier alpha value is -2.98. The Morgan fingerprint density at radius 3 is 2.68 bits per heavy atom. The fraction of sp³-hybridized carbons (Fsp3) is 0.630. The molecule has 0 bridgehead atoms. The highest BCUT2D eigenvalue weighted by Crippen LogP contribution is 2.56. The molecule has 2 aliphatic rings. The van der Waals surface area contributed by atoms with Crippen molar-refractivity contribution in [3.8, 4) is 5.75 Å². The van der Waals surface area contributed by atoms with Gasteiger partial charge in [0.1, 0.15) is 22.5 Å². The van der Waals surface area contributed by atoms with E-state index in [2.05, 4.69) is 52.1 Å². The van der Waals surface area contributed by atoms with E-state index in [0.717, 1.165) is 29.8 Å². The molecule has 1 atom stereocenters. The maximum Gasteiger partial charge on any atom is 0.222 e. The first-order chi connectivity index (χ1) is 17.8. The number of aromatic nitrogens is 5. The first-order valence-electron chi connectivity index (χ1n) is 13.5. The summed E-state index contributed by atoms with van der Waals surface area (Å²) in [5.74, 6) is 2.13. The second kappa shape index (κ2) is 10.4. The minimum absolute atomic E-state index is 0.0804.